The molecule has 2 N–H and O–H groups in total. The number of benzene rings is 3. The van der Waals surface area contributed by atoms with E-state index in [-0.39, 0.29) is 11.7 Å². The Balaban J connectivity index is 1.26. The van der Waals surface area contributed by atoms with Gasteiger partial charge in [-0.3, -0.25) is 4.79 Å². The van der Waals surface area contributed by atoms with E-state index < -0.39 is 0 Å². The Labute approximate surface area is 221 Å². The summed E-state index contributed by atoms with van der Waals surface area (Å²) in [5.41, 5.74) is 12.4. The third-order valence-corrected chi connectivity index (χ3v) is 7.10. The molecular formula is C30H29N5O3. The maximum atomic E-state index is 13.6. The number of methoxy groups -OCH3 is 1. The smallest absolute Gasteiger partial charge is 0.221 e. The van der Waals surface area contributed by atoms with Crippen LogP contribution in [0, 0.1) is 0 Å². The third kappa shape index (κ3) is 4.33. The molecule has 4 aromatic rings. The molecule has 8 nitrogen and oxygen atoms in total. The van der Waals surface area contributed by atoms with Gasteiger partial charge in [0.1, 0.15) is 12.4 Å². The molecule has 1 fully saturated rings. The molecular weight excluding hydrogens is 478 g/mol. The van der Waals surface area contributed by atoms with Crippen molar-refractivity contribution in [3.8, 4) is 28.3 Å². The topological polar surface area (TPSA) is 93.8 Å². The highest BCUT2D eigenvalue weighted by Gasteiger charge is 2.35. The zero-order valence-electron chi connectivity index (χ0n) is 21.3. The van der Waals surface area contributed by atoms with Gasteiger partial charge in [-0.2, -0.15) is 0 Å². The first kappa shape index (κ1) is 23.9. The second kappa shape index (κ2) is 10.1. The monoisotopic (exact) mass is 507 g/mol. The molecule has 8 heteroatoms. The Kier molecular flexibility index (Phi) is 6.39. The molecule has 0 amide bonds. The van der Waals surface area contributed by atoms with Gasteiger partial charge in [-0.1, -0.05) is 42.5 Å². The van der Waals surface area contributed by atoms with Crippen molar-refractivity contribution in [1.29, 1.82) is 0 Å². The highest BCUT2D eigenvalue weighted by molar-refractivity contribution is 6.25. The number of hydrogen-bond donors (Lipinski definition) is 1. The van der Waals surface area contributed by atoms with Gasteiger partial charge >= 0.3 is 0 Å². The molecule has 192 valence electrons. The van der Waals surface area contributed by atoms with E-state index in [1.54, 1.807) is 7.11 Å². The van der Waals surface area contributed by atoms with Gasteiger partial charge < -0.3 is 25.0 Å². The molecule has 38 heavy (non-hydrogen) atoms. The van der Waals surface area contributed by atoms with Crippen molar-refractivity contribution in [3.05, 3.63) is 83.9 Å². The number of nitrogens with two attached hydrogens (primary N) is 1. The predicted octanol–water partition coefficient (Wildman–Crippen LogP) is 4.29. The Morgan fingerprint density at radius 2 is 1.50 bits per heavy atom. The highest BCUT2D eigenvalue weighted by atomic mass is 16.5. The van der Waals surface area contributed by atoms with E-state index in [0.717, 1.165) is 54.4 Å². The van der Waals surface area contributed by atoms with Crippen LogP contribution in [0.4, 0.5) is 17.3 Å². The van der Waals surface area contributed by atoms with Gasteiger partial charge in [0.05, 0.1) is 23.6 Å². The molecule has 0 saturated carbocycles. The van der Waals surface area contributed by atoms with Crippen LogP contribution in [0.3, 0.4) is 0 Å². The molecule has 1 saturated heterocycles. The molecule has 0 spiro atoms. The van der Waals surface area contributed by atoms with Gasteiger partial charge in [0.2, 0.25) is 5.95 Å². The Bertz CT molecular complexity index is 1470. The molecule has 3 aromatic carbocycles. The average Bonchev–Trinajstić information content (AvgIpc) is 3.25. The normalized spacial score (nSPS) is 14.4. The maximum absolute atomic E-state index is 13.6. The third-order valence-electron chi connectivity index (χ3n) is 7.10. The van der Waals surface area contributed by atoms with E-state index in [4.69, 9.17) is 15.2 Å². The van der Waals surface area contributed by atoms with E-state index in [1.165, 1.54) is 0 Å². The zero-order chi connectivity index (χ0) is 26.1. The molecule has 2 heterocycles. The van der Waals surface area contributed by atoms with Gasteiger partial charge in [0.15, 0.2) is 5.78 Å². The first-order valence-electron chi connectivity index (χ1n) is 12.8. The van der Waals surface area contributed by atoms with E-state index in [1.807, 2.05) is 54.6 Å². The minimum absolute atomic E-state index is 0.0536. The molecule has 0 unspecified atom stereocenters. The number of ketones is 1. The van der Waals surface area contributed by atoms with Crippen LogP contribution in [-0.2, 0) is 4.74 Å². The summed E-state index contributed by atoms with van der Waals surface area (Å²) in [7, 11) is 1.66. The molecule has 0 radical (unpaired) electrons. The Hall–Kier alpha value is -4.43. The summed E-state index contributed by atoms with van der Waals surface area (Å²) in [6.07, 6.45) is 0. The number of anilines is 3. The van der Waals surface area contributed by atoms with E-state index in [9.17, 15) is 4.79 Å². The second-order valence-corrected chi connectivity index (χ2v) is 9.36. The van der Waals surface area contributed by atoms with E-state index in [2.05, 4.69) is 38.0 Å². The van der Waals surface area contributed by atoms with Crippen LogP contribution in [0.5, 0.6) is 5.75 Å². The maximum Gasteiger partial charge on any atom is 0.221 e. The number of fused-ring (bicyclic) bond motifs is 3. The summed E-state index contributed by atoms with van der Waals surface area (Å²) in [6.45, 7) is 4.45. The fraction of sp³-hybridized carbons (Fsp3) is 0.233. The fourth-order valence-corrected chi connectivity index (χ4v) is 5.26. The Morgan fingerprint density at radius 1 is 0.789 bits per heavy atom. The van der Waals surface area contributed by atoms with Gasteiger partial charge in [-0.15, -0.1) is 0 Å². The number of carbonyl (C=O) groups is 1. The zero-order valence-corrected chi connectivity index (χ0v) is 21.3. The van der Waals surface area contributed by atoms with Crippen molar-refractivity contribution in [2.24, 2.45) is 0 Å². The lowest BCUT2D eigenvalue weighted by Gasteiger charge is -2.38. The van der Waals surface area contributed by atoms with Crippen LogP contribution in [0.2, 0.25) is 0 Å². The fourth-order valence-electron chi connectivity index (χ4n) is 5.26. The lowest BCUT2D eigenvalue weighted by Crippen LogP contribution is -2.46. The van der Waals surface area contributed by atoms with Crippen LogP contribution in [0.1, 0.15) is 15.9 Å². The molecule has 1 aromatic heterocycles. The van der Waals surface area contributed by atoms with E-state index >= 15 is 0 Å². The van der Waals surface area contributed by atoms with Crippen molar-refractivity contribution in [2.75, 3.05) is 62.0 Å². The SMILES string of the molecule is COCCOc1ccc(N2CCN(c3cccc4c3-c3nc(N)nc(-c5ccccc5)c3C4=O)CC2)cc1. The van der Waals surface area contributed by atoms with Gasteiger partial charge in [-0.05, 0) is 30.3 Å². The molecule has 0 bridgehead atoms. The van der Waals surface area contributed by atoms with Crippen molar-refractivity contribution in [3.63, 3.8) is 0 Å². The summed E-state index contributed by atoms with van der Waals surface area (Å²) in [6, 6.07) is 23.8. The summed E-state index contributed by atoms with van der Waals surface area (Å²) in [4.78, 5) is 27.4. The molecule has 6 rings (SSSR count). The summed E-state index contributed by atoms with van der Waals surface area (Å²) >= 11 is 0. The minimum Gasteiger partial charge on any atom is -0.491 e. The van der Waals surface area contributed by atoms with Crippen molar-refractivity contribution < 1.29 is 14.3 Å². The largest absolute Gasteiger partial charge is 0.491 e. The lowest BCUT2D eigenvalue weighted by molar-refractivity contribution is 0.104. The first-order valence-corrected chi connectivity index (χ1v) is 12.8. The van der Waals surface area contributed by atoms with Crippen LogP contribution in [0.15, 0.2) is 72.8 Å². The van der Waals surface area contributed by atoms with Crippen LogP contribution >= 0.6 is 0 Å². The molecule has 2 aliphatic rings. The molecule has 0 atom stereocenters. The number of carbonyl (C=O) groups excluding carboxylic acids is 1. The Morgan fingerprint density at radius 3 is 2.24 bits per heavy atom. The minimum atomic E-state index is -0.0536. The molecule has 1 aliphatic carbocycles. The number of piperazine rings is 1. The number of rotatable bonds is 7. The van der Waals surface area contributed by atoms with Crippen LogP contribution in [-0.4, -0.2) is 62.3 Å². The second-order valence-electron chi connectivity index (χ2n) is 9.36. The van der Waals surface area contributed by atoms with Crippen molar-refractivity contribution >= 4 is 23.1 Å². The highest BCUT2D eigenvalue weighted by Crippen LogP contribution is 2.45. The summed E-state index contributed by atoms with van der Waals surface area (Å²) in [5, 5.41) is 0. The van der Waals surface area contributed by atoms with Gasteiger partial charge in [0, 0.05) is 61.4 Å². The predicted molar refractivity (Wildman–Crippen MR) is 149 cm³/mol. The van der Waals surface area contributed by atoms with Crippen LogP contribution in [0.25, 0.3) is 22.5 Å². The number of aromatic nitrogens is 2. The number of hydrogen-bond acceptors (Lipinski definition) is 8. The van der Waals surface area contributed by atoms with Crippen LogP contribution < -0.4 is 20.3 Å². The lowest BCUT2D eigenvalue weighted by atomic mass is 10.0. The van der Waals surface area contributed by atoms with Gasteiger partial charge in [-0.25, -0.2) is 9.97 Å². The summed E-state index contributed by atoms with van der Waals surface area (Å²) < 4.78 is 10.7. The van der Waals surface area contributed by atoms with E-state index in [0.29, 0.717) is 35.7 Å². The standard InChI is InChI=1S/C30H29N5O3/c1-37-18-19-38-22-12-10-21(11-13-22)34-14-16-35(17-15-34)24-9-5-8-23-25(24)28-26(29(23)36)27(32-30(31)33-28)20-6-3-2-4-7-20/h2-13H,14-19H2,1H3,(H2,31,32,33). The summed E-state index contributed by atoms with van der Waals surface area (Å²) in [5.74, 6) is 0.948. The number of nitrogen functional groups attached to an aromatic ring is 1. The average molecular weight is 508 g/mol. The quantitative estimate of drug-likeness (QED) is 0.326. The van der Waals surface area contributed by atoms with Crippen molar-refractivity contribution in [1.82, 2.24) is 9.97 Å². The number of ether oxygens (including phenoxy) is 2. The van der Waals surface area contributed by atoms with Gasteiger partial charge in [0.25, 0.3) is 0 Å². The molecule has 1 aliphatic heterocycles. The number of nitrogens with zero attached hydrogens (tertiary/aromatic N) is 4. The first-order chi connectivity index (χ1) is 18.6. The van der Waals surface area contributed by atoms with Crippen molar-refractivity contribution in [2.45, 2.75) is 0 Å².